The van der Waals surface area contributed by atoms with E-state index in [1.165, 1.54) is 6.20 Å². The minimum absolute atomic E-state index is 0.0510. The Labute approximate surface area is 98.5 Å². The first kappa shape index (κ1) is 11.2. The number of anilines is 1. The van der Waals surface area contributed by atoms with E-state index in [4.69, 9.17) is 10.4 Å². The number of nitrogens with zero attached hydrogens (tertiary/aromatic N) is 3. The van der Waals surface area contributed by atoms with Crippen molar-refractivity contribution in [3.05, 3.63) is 23.9 Å². The van der Waals surface area contributed by atoms with Crippen LogP contribution in [-0.2, 0) is 0 Å². The standard InChI is InChI=1S/C11H12N4O2/c12-5-8-1-2-10(13-6-8)15-4-3-9(7-15)14-11(16)17/h1-2,6,9,14H,3-4,7H2,(H,16,17)/t9-/m0/s1. The number of aromatic nitrogens is 1. The molecule has 0 radical (unpaired) electrons. The number of pyridine rings is 1. The van der Waals surface area contributed by atoms with Crippen molar-refractivity contribution in [2.45, 2.75) is 12.5 Å². The van der Waals surface area contributed by atoms with Crippen molar-refractivity contribution in [3.63, 3.8) is 0 Å². The number of hydrogen-bond acceptors (Lipinski definition) is 4. The lowest BCUT2D eigenvalue weighted by atomic mass is 10.3. The molecule has 0 spiro atoms. The summed E-state index contributed by atoms with van der Waals surface area (Å²) in [6.45, 7) is 1.38. The molecule has 1 atom stereocenters. The predicted octanol–water partition coefficient (Wildman–Crippen LogP) is 0.800. The van der Waals surface area contributed by atoms with E-state index in [9.17, 15) is 4.79 Å². The normalized spacial score (nSPS) is 18.8. The van der Waals surface area contributed by atoms with Gasteiger partial charge in [0.25, 0.3) is 0 Å². The van der Waals surface area contributed by atoms with Crippen LogP contribution in [0.4, 0.5) is 10.6 Å². The molecule has 2 rings (SSSR count). The number of carbonyl (C=O) groups is 1. The van der Waals surface area contributed by atoms with Gasteiger partial charge in [0.1, 0.15) is 11.9 Å². The van der Waals surface area contributed by atoms with Gasteiger partial charge >= 0.3 is 6.09 Å². The highest BCUT2D eigenvalue weighted by molar-refractivity contribution is 5.65. The predicted molar refractivity (Wildman–Crippen MR) is 60.7 cm³/mol. The molecular formula is C11H12N4O2. The Hall–Kier alpha value is -2.29. The number of amides is 1. The second-order valence-corrected chi connectivity index (χ2v) is 3.90. The SMILES string of the molecule is N#Cc1ccc(N2CC[C@H](NC(=O)O)C2)nc1. The molecule has 1 aliphatic rings. The fourth-order valence-electron chi connectivity index (χ4n) is 1.90. The van der Waals surface area contributed by atoms with E-state index in [2.05, 4.69) is 10.3 Å². The summed E-state index contributed by atoms with van der Waals surface area (Å²) in [4.78, 5) is 16.7. The number of rotatable bonds is 2. The molecule has 2 heterocycles. The first-order valence-corrected chi connectivity index (χ1v) is 5.29. The first-order chi connectivity index (χ1) is 8.19. The molecule has 0 aromatic carbocycles. The monoisotopic (exact) mass is 232 g/mol. The lowest BCUT2D eigenvalue weighted by molar-refractivity contribution is 0.191. The van der Waals surface area contributed by atoms with Crippen molar-refractivity contribution in [2.24, 2.45) is 0 Å². The van der Waals surface area contributed by atoms with E-state index in [1.54, 1.807) is 12.1 Å². The summed E-state index contributed by atoms with van der Waals surface area (Å²) in [5, 5.41) is 19.7. The third kappa shape index (κ3) is 2.64. The van der Waals surface area contributed by atoms with Gasteiger partial charge in [0.15, 0.2) is 0 Å². The fraction of sp³-hybridized carbons (Fsp3) is 0.364. The highest BCUT2D eigenvalue weighted by Gasteiger charge is 2.24. The quantitative estimate of drug-likeness (QED) is 0.787. The first-order valence-electron chi connectivity index (χ1n) is 5.29. The number of nitriles is 1. The zero-order valence-corrected chi connectivity index (χ0v) is 9.13. The maximum absolute atomic E-state index is 10.5. The van der Waals surface area contributed by atoms with E-state index in [0.29, 0.717) is 12.1 Å². The van der Waals surface area contributed by atoms with Gasteiger partial charge in [-0.2, -0.15) is 5.26 Å². The van der Waals surface area contributed by atoms with Gasteiger partial charge < -0.3 is 15.3 Å². The van der Waals surface area contributed by atoms with Crippen molar-refractivity contribution < 1.29 is 9.90 Å². The van der Waals surface area contributed by atoms with Gasteiger partial charge in [-0.15, -0.1) is 0 Å². The molecule has 0 aliphatic carbocycles. The molecule has 1 saturated heterocycles. The van der Waals surface area contributed by atoms with Gasteiger partial charge in [-0.25, -0.2) is 9.78 Å². The van der Waals surface area contributed by atoms with Crippen LogP contribution in [0, 0.1) is 11.3 Å². The molecule has 0 bridgehead atoms. The molecule has 1 aromatic rings. The van der Waals surface area contributed by atoms with Crippen molar-refractivity contribution in [1.29, 1.82) is 5.26 Å². The second-order valence-electron chi connectivity index (χ2n) is 3.90. The molecule has 1 amide bonds. The van der Waals surface area contributed by atoms with E-state index in [-0.39, 0.29) is 6.04 Å². The summed E-state index contributed by atoms with van der Waals surface area (Å²) in [5.74, 6) is 0.777. The van der Waals surface area contributed by atoms with Crippen LogP contribution in [0.3, 0.4) is 0 Å². The van der Waals surface area contributed by atoms with Crippen molar-refractivity contribution in [1.82, 2.24) is 10.3 Å². The minimum Gasteiger partial charge on any atom is -0.465 e. The summed E-state index contributed by atoms with van der Waals surface area (Å²) < 4.78 is 0. The van der Waals surface area contributed by atoms with Crippen LogP contribution in [0.2, 0.25) is 0 Å². The van der Waals surface area contributed by atoms with E-state index >= 15 is 0 Å². The van der Waals surface area contributed by atoms with E-state index in [1.807, 2.05) is 11.0 Å². The molecule has 17 heavy (non-hydrogen) atoms. The maximum Gasteiger partial charge on any atom is 0.404 e. The molecule has 1 aromatic heterocycles. The van der Waals surface area contributed by atoms with Crippen LogP contribution in [0.15, 0.2) is 18.3 Å². The summed E-state index contributed by atoms with van der Waals surface area (Å²) in [6.07, 6.45) is 1.30. The smallest absolute Gasteiger partial charge is 0.404 e. The molecule has 1 aliphatic heterocycles. The lowest BCUT2D eigenvalue weighted by Crippen LogP contribution is -2.36. The zero-order valence-electron chi connectivity index (χ0n) is 9.13. The average molecular weight is 232 g/mol. The average Bonchev–Trinajstić information content (AvgIpc) is 2.77. The van der Waals surface area contributed by atoms with Gasteiger partial charge in [0, 0.05) is 19.3 Å². The van der Waals surface area contributed by atoms with Gasteiger partial charge in [-0.3, -0.25) is 0 Å². The largest absolute Gasteiger partial charge is 0.465 e. The highest BCUT2D eigenvalue weighted by atomic mass is 16.4. The summed E-state index contributed by atoms with van der Waals surface area (Å²) in [6, 6.07) is 5.45. The molecular weight excluding hydrogens is 220 g/mol. The topological polar surface area (TPSA) is 89.2 Å². The summed E-state index contributed by atoms with van der Waals surface area (Å²) in [7, 11) is 0. The Kier molecular flexibility index (Phi) is 3.10. The van der Waals surface area contributed by atoms with Crippen LogP contribution in [0.1, 0.15) is 12.0 Å². The minimum atomic E-state index is -0.996. The Balaban J connectivity index is 2.00. The Morgan fingerprint density at radius 3 is 3.06 bits per heavy atom. The van der Waals surface area contributed by atoms with Crippen LogP contribution in [-0.4, -0.2) is 35.3 Å². The molecule has 6 nitrogen and oxygen atoms in total. The molecule has 2 N–H and O–H groups in total. The molecule has 88 valence electrons. The number of carboxylic acid groups (broad SMARTS) is 1. The summed E-state index contributed by atoms with van der Waals surface area (Å²) in [5.41, 5.74) is 0.521. The molecule has 0 saturated carbocycles. The van der Waals surface area contributed by atoms with E-state index < -0.39 is 6.09 Å². The van der Waals surface area contributed by atoms with Gasteiger partial charge in [-0.05, 0) is 18.6 Å². The van der Waals surface area contributed by atoms with Crippen LogP contribution >= 0.6 is 0 Å². The Morgan fingerprint density at radius 1 is 1.65 bits per heavy atom. The molecule has 1 fully saturated rings. The third-order valence-electron chi connectivity index (χ3n) is 2.72. The molecule has 6 heteroatoms. The molecule has 0 unspecified atom stereocenters. The van der Waals surface area contributed by atoms with Gasteiger partial charge in [0.05, 0.1) is 11.6 Å². The summed E-state index contributed by atoms with van der Waals surface area (Å²) >= 11 is 0. The van der Waals surface area contributed by atoms with Gasteiger partial charge in [0.2, 0.25) is 0 Å². The van der Waals surface area contributed by atoms with Crippen molar-refractivity contribution >= 4 is 11.9 Å². The van der Waals surface area contributed by atoms with Crippen molar-refractivity contribution in [2.75, 3.05) is 18.0 Å². The highest BCUT2D eigenvalue weighted by Crippen LogP contribution is 2.17. The number of hydrogen-bond donors (Lipinski definition) is 2. The second kappa shape index (κ2) is 4.70. The van der Waals surface area contributed by atoms with Crippen LogP contribution in [0.5, 0.6) is 0 Å². The van der Waals surface area contributed by atoms with Crippen molar-refractivity contribution in [3.8, 4) is 6.07 Å². The van der Waals surface area contributed by atoms with E-state index in [0.717, 1.165) is 18.8 Å². The maximum atomic E-state index is 10.5. The van der Waals surface area contributed by atoms with Gasteiger partial charge in [-0.1, -0.05) is 0 Å². The fourth-order valence-corrected chi connectivity index (χ4v) is 1.90. The Bertz CT molecular complexity index is 452. The Morgan fingerprint density at radius 2 is 2.47 bits per heavy atom. The zero-order chi connectivity index (χ0) is 12.3. The van der Waals surface area contributed by atoms with Crippen LogP contribution < -0.4 is 10.2 Å². The number of nitrogens with one attached hydrogen (secondary N) is 1. The third-order valence-corrected chi connectivity index (χ3v) is 2.72. The lowest BCUT2D eigenvalue weighted by Gasteiger charge is -2.17. The van der Waals surface area contributed by atoms with Crippen LogP contribution in [0.25, 0.3) is 0 Å².